The lowest BCUT2D eigenvalue weighted by molar-refractivity contribution is 0.282. The average molecular weight is 277 g/mol. The van der Waals surface area contributed by atoms with E-state index in [4.69, 9.17) is 5.11 Å². The largest absolute Gasteiger partial charge is 0.392 e. The van der Waals surface area contributed by atoms with Crippen LogP contribution in [0.1, 0.15) is 25.8 Å². The maximum atomic E-state index is 12.1. The molecule has 1 rings (SSSR count). The van der Waals surface area contributed by atoms with Crippen LogP contribution in [0.2, 0.25) is 0 Å². The number of aliphatic hydroxyl groups excluding tert-OH is 1. The number of aliphatic hydroxyl groups is 1. The molecule has 4 nitrogen and oxygen atoms in total. The highest BCUT2D eigenvalue weighted by atomic mass is 32.2. The summed E-state index contributed by atoms with van der Waals surface area (Å²) in [4.78, 5) is 0. The van der Waals surface area contributed by atoms with Crippen LogP contribution in [0.4, 0.5) is 0 Å². The Balaban J connectivity index is 2.79. The minimum absolute atomic E-state index is 0.123. The summed E-state index contributed by atoms with van der Waals surface area (Å²) in [5, 5.41) is 10.6. The molecule has 0 unspecified atom stereocenters. The van der Waals surface area contributed by atoms with Gasteiger partial charge in [0.2, 0.25) is 0 Å². The number of nitrogens with zero attached hydrogens (tertiary/aromatic N) is 1. The molecule has 0 atom stereocenters. The van der Waals surface area contributed by atoms with Gasteiger partial charge in [-0.05, 0) is 29.3 Å². The Morgan fingerprint density at radius 2 is 2.12 bits per heavy atom. The van der Waals surface area contributed by atoms with E-state index >= 15 is 0 Å². The number of thiophene rings is 1. The van der Waals surface area contributed by atoms with Crippen molar-refractivity contribution < 1.29 is 13.5 Å². The van der Waals surface area contributed by atoms with Gasteiger partial charge in [-0.3, -0.25) is 0 Å². The third-order valence-corrected chi connectivity index (χ3v) is 5.82. The van der Waals surface area contributed by atoms with Crippen molar-refractivity contribution in [3.05, 3.63) is 17.0 Å². The van der Waals surface area contributed by atoms with Crippen molar-refractivity contribution in [1.82, 2.24) is 4.31 Å². The molecule has 0 aromatic carbocycles. The number of sulfonamides is 1. The molecule has 1 aromatic heterocycles. The molecule has 0 aliphatic heterocycles. The van der Waals surface area contributed by atoms with Gasteiger partial charge >= 0.3 is 0 Å². The first-order valence-corrected chi connectivity index (χ1v) is 7.84. The first kappa shape index (κ1) is 14.6. The van der Waals surface area contributed by atoms with Gasteiger partial charge in [0.25, 0.3) is 10.0 Å². The van der Waals surface area contributed by atoms with Gasteiger partial charge in [0.15, 0.2) is 0 Å². The minimum Gasteiger partial charge on any atom is -0.392 e. The van der Waals surface area contributed by atoms with E-state index in [1.54, 1.807) is 12.4 Å². The van der Waals surface area contributed by atoms with E-state index in [9.17, 15) is 8.42 Å². The van der Waals surface area contributed by atoms with E-state index in [1.165, 1.54) is 10.4 Å². The maximum absolute atomic E-state index is 12.1. The Morgan fingerprint density at radius 3 is 2.59 bits per heavy atom. The second-order valence-electron chi connectivity index (χ2n) is 4.44. The van der Waals surface area contributed by atoms with E-state index < -0.39 is 10.0 Å². The van der Waals surface area contributed by atoms with Gasteiger partial charge in [-0.25, -0.2) is 12.7 Å². The molecule has 6 heteroatoms. The van der Waals surface area contributed by atoms with Crippen molar-refractivity contribution in [2.75, 3.05) is 13.6 Å². The Hall–Kier alpha value is -0.430. The monoisotopic (exact) mass is 277 g/mol. The molecule has 0 fully saturated rings. The molecule has 1 aromatic rings. The number of hydrogen-bond donors (Lipinski definition) is 1. The van der Waals surface area contributed by atoms with Crippen molar-refractivity contribution in [2.24, 2.45) is 5.92 Å². The normalized spacial score (nSPS) is 12.6. The smallest absolute Gasteiger partial charge is 0.252 e. The zero-order chi connectivity index (χ0) is 13.1. The molecular formula is C11H19NO3S2. The topological polar surface area (TPSA) is 57.6 Å². The van der Waals surface area contributed by atoms with Crippen molar-refractivity contribution in [2.45, 2.75) is 31.1 Å². The third kappa shape index (κ3) is 3.77. The van der Waals surface area contributed by atoms with Crippen LogP contribution in [0.15, 0.2) is 15.7 Å². The van der Waals surface area contributed by atoms with Gasteiger partial charge < -0.3 is 5.11 Å². The molecule has 98 valence electrons. The number of hydrogen-bond acceptors (Lipinski definition) is 4. The van der Waals surface area contributed by atoms with Gasteiger partial charge in [0.1, 0.15) is 4.21 Å². The lowest BCUT2D eigenvalue weighted by atomic mass is 10.1. The van der Waals surface area contributed by atoms with Gasteiger partial charge in [-0.1, -0.05) is 13.8 Å². The molecule has 0 amide bonds. The van der Waals surface area contributed by atoms with E-state index in [2.05, 4.69) is 13.8 Å². The van der Waals surface area contributed by atoms with Crippen molar-refractivity contribution in [3.63, 3.8) is 0 Å². The first-order valence-electron chi connectivity index (χ1n) is 5.52. The number of rotatable bonds is 6. The van der Waals surface area contributed by atoms with E-state index in [-0.39, 0.29) is 6.61 Å². The molecule has 0 saturated carbocycles. The van der Waals surface area contributed by atoms with Crippen LogP contribution in [0.3, 0.4) is 0 Å². The summed E-state index contributed by atoms with van der Waals surface area (Å²) in [6.07, 6.45) is 0.841. The van der Waals surface area contributed by atoms with Crippen molar-refractivity contribution in [1.29, 1.82) is 0 Å². The Morgan fingerprint density at radius 1 is 1.47 bits per heavy atom. The summed E-state index contributed by atoms with van der Waals surface area (Å²) in [5.41, 5.74) is 0.644. The Kier molecular flexibility index (Phi) is 5.12. The molecule has 0 saturated heterocycles. The fourth-order valence-electron chi connectivity index (χ4n) is 1.29. The van der Waals surface area contributed by atoms with Crippen LogP contribution in [-0.4, -0.2) is 31.4 Å². The fraction of sp³-hybridized carbons (Fsp3) is 0.636. The summed E-state index contributed by atoms with van der Waals surface area (Å²) >= 11 is 1.15. The van der Waals surface area contributed by atoms with E-state index in [0.717, 1.165) is 17.8 Å². The molecule has 17 heavy (non-hydrogen) atoms. The zero-order valence-corrected chi connectivity index (χ0v) is 12.0. The van der Waals surface area contributed by atoms with Gasteiger partial charge in [-0.15, -0.1) is 11.3 Å². The Labute approximate surface area is 107 Å². The van der Waals surface area contributed by atoms with Crippen LogP contribution >= 0.6 is 11.3 Å². The van der Waals surface area contributed by atoms with Crippen LogP contribution in [0.5, 0.6) is 0 Å². The second kappa shape index (κ2) is 5.95. The standard InChI is InChI=1S/C11H19NO3S2/c1-9(2)4-5-12(3)17(14,15)11-6-10(7-13)8-16-11/h6,8-9,13H,4-5,7H2,1-3H3. The summed E-state index contributed by atoms with van der Waals surface area (Å²) in [6, 6.07) is 1.53. The summed E-state index contributed by atoms with van der Waals surface area (Å²) < 4.78 is 25.9. The summed E-state index contributed by atoms with van der Waals surface area (Å²) in [5.74, 6) is 0.476. The lowest BCUT2D eigenvalue weighted by Gasteiger charge is -2.16. The van der Waals surface area contributed by atoms with Crippen molar-refractivity contribution in [3.8, 4) is 0 Å². The Bertz CT molecular complexity index is 451. The molecular weight excluding hydrogens is 258 g/mol. The average Bonchev–Trinajstić information content (AvgIpc) is 2.74. The second-order valence-corrected chi connectivity index (χ2v) is 7.62. The molecule has 0 spiro atoms. The molecule has 1 heterocycles. The highest BCUT2D eigenvalue weighted by Gasteiger charge is 2.22. The molecule has 0 bridgehead atoms. The molecule has 0 radical (unpaired) electrons. The highest BCUT2D eigenvalue weighted by Crippen LogP contribution is 2.23. The van der Waals surface area contributed by atoms with Gasteiger partial charge in [0.05, 0.1) is 6.61 Å². The van der Waals surface area contributed by atoms with Crippen LogP contribution in [0.25, 0.3) is 0 Å². The predicted molar refractivity (Wildman–Crippen MR) is 69.5 cm³/mol. The van der Waals surface area contributed by atoms with Gasteiger partial charge in [-0.2, -0.15) is 0 Å². The summed E-state index contributed by atoms with van der Waals surface area (Å²) in [6.45, 7) is 4.53. The van der Waals surface area contributed by atoms with Crippen molar-refractivity contribution >= 4 is 21.4 Å². The maximum Gasteiger partial charge on any atom is 0.252 e. The lowest BCUT2D eigenvalue weighted by Crippen LogP contribution is -2.28. The quantitative estimate of drug-likeness (QED) is 0.864. The SMILES string of the molecule is CC(C)CCN(C)S(=O)(=O)c1cc(CO)cs1. The zero-order valence-electron chi connectivity index (χ0n) is 10.4. The summed E-state index contributed by atoms with van der Waals surface area (Å²) in [7, 11) is -1.79. The predicted octanol–water partition coefficient (Wildman–Crippen LogP) is 1.91. The third-order valence-electron chi connectivity index (χ3n) is 2.50. The molecule has 0 aliphatic rings. The van der Waals surface area contributed by atoms with E-state index in [0.29, 0.717) is 22.2 Å². The molecule has 1 N–H and O–H groups in total. The minimum atomic E-state index is -3.38. The van der Waals surface area contributed by atoms with E-state index in [1.807, 2.05) is 0 Å². The highest BCUT2D eigenvalue weighted by molar-refractivity contribution is 7.91. The van der Waals surface area contributed by atoms with Crippen LogP contribution < -0.4 is 0 Å². The first-order chi connectivity index (χ1) is 7.87. The fourth-order valence-corrected chi connectivity index (χ4v) is 3.88. The van der Waals surface area contributed by atoms with Crippen LogP contribution in [0, 0.1) is 5.92 Å². The molecule has 0 aliphatic carbocycles. The van der Waals surface area contributed by atoms with Crippen LogP contribution in [-0.2, 0) is 16.6 Å². The van der Waals surface area contributed by atoms with Gasteiger partial charge in [0, 0.05) is 13.6 Å².